The van der Waals surface area contributed by atoms with Crippen molar-refractivity contribution in [3.8, 4) is 22.8 Å². The van der Waals surface area contributed by atoms with E-state index in [1.807, 2.05) is 6.92 Å². The molecule has 0 unspecified atom stereocenters. The van der Waals surface area contributed by atoms with E-state index >= 15 is 0 Å². The van der Waals surface area contributed by atoms with Gasteiger partial charge in [0.25, 0.3) is 5.91 Å². The van der Waals surface area contributed by atoms with Crippen molar-refractivity contribution in [2.24, 2.45) is 0 Å². The van der Waals surface area contributed by atoms with Crippen molar-refractivity contribution >= 4 is 23.2 Å². The zero-order chi connectivity index (χ0) is 21.6. The number of aryl methyl sites for hydroxylation is 2. The summed E-state index contributed by atoms with van der Waals surface area (Å²) in [6, 6.07) is 4.32. The van der Waals surface area contributed by atoms with Crippen LogP contribution in [0.2, 0.25) is 5.02 Å². The average molecular weight is 436 g/mol. The van der Waals surface area contributed by atoms with Crippen molar-refractivity contribution in [3.05, 3.63) is 52.0 Å². The summed E-state index contributed by atoms with van der Waals surface area (Å²) in [5.74, 6) is -0.135. The van der Waals surface area contributed by atoms with Gasteiger partial charge in [0.2, 0.25) is 0 Å². The Morgan fingerprint density at radius 1 is 1.20 bits per heavy atom. The second kappa shape index (κ2) is 7.24. The zero-order valence-electron chi connectivity index (χ0n) is 16.2. The number of carbonyl (C=O) groups excluding carboxylic acids is 1. The Labute approximate surface area is 174 Å². The first-order valence-electron chi connectivity index (χ1n) is 9.01. The molecular weight excluding hydrogens is 420 g/mol. The summed E-state index contributed by atoms with van der Waals surface area (Å²) in [6.45, 7) is 5.37. The second-order valence-corrected chi connectivity index (χ2v) is 7.10. The first kappa shape index (κ1) is 20.1. The van der Waals surface area contributed by atoms with Crippen LogP contribution in [0.25, 0.3) is 11.3 Å². The molecule has 30 heavy (non-hydrogen) atoms. The first-order valence-corrected chi connectivity index (χ1v) is 9.39. The number of benzene rings is 1. The molecule has 3 heterocycles. The summed E-state index contributed by atoms with van der Waals surface area (Å²) in [7, 11) is 0. The third-order valence-corrected chi connectivity index (χ3v) is 5.07. The summed E-state index contributed by atoms with van der Waals surface area (Å²) in [4.78, 5) is 16.9. The Morgan fingerprint density at radius 3 is 2.53 bits per heavy atom. The molecule has 0 spiro atoms. The van der Waals surface area contributed by atoms with Gasteiger partial charge in [-0.1, -0.05) is 23.7 Å². The summed E-state index contributed by atoms with van der Waals surface area (Å²) in [5.41, 5.74) is 2.94. The fourth-order valence-electron chi connectivity index (χ4n) is 3.03. The molecule has 156 valence electrons. The number of amides is 1. The van der Waals surface area contributed by atoms with Crippen molar-refractivity contribution in [2.45, 2.75) is 33.5 Å². The highest BCUT2D eigenvalue weighted by molar-refractivity contribution is 6.33. The highest BCUT2D eigenvalue weighted by Crippen LogP contribution is 2.46. The second-order valence-electron chi connectivity index (χ2n) is 6.69. The van der Waals surface area contributed by atoms with E-state index in [9.17, 15) is 13.6 Å². The number of aromatic nitrogens is 2. The van der Waals surface area contributed by atoms with Crippen LogP contribution >= 0.6 is 11.6 Å². The minimum Gasteiger partial charge on any atom is -0.395 e. The zero-order valence-corrected chi connectivity index (χ0v) is 16.9. The number of rotatable bonds is 4. The maximum absolute atomic E-state index is 13.3. The van der Waals surface area contributed by atoms with Crippen LogP contribution in [0.15, 0.2) is 28.9 Å². The van der Waals surface area contributed by atoms with Crippen LogP contribution in [0.3, 0.4) is 0 Å². The van der Waals surface area contributed by atoms with Crippen LogP contribution in [-0.2, 0) is 6.42 Å². The van der Waals surface area contributed by atoms with Crippen molar-refractivity contribution in [3.63, 3.8) is 0 Å². The van der Waals surface area contributed by atoms with Crippen LogP contribution in [0.1, 0.15) is 34.3 Å². The number of carbonyl (C=O) groups is 1. The smallest absolute Gasteiger partial charge is 0.395 e. The Hall–Kier alpha value is -3.20. The van der Waals surface area contributed by atoms with Gasteiger partial charge < -0.3 is 19.3 Å². The van der Waals surface area contributed by atoms with Crippen molar-refractivity contribution in [1.29, 1.82) is 0 Å². The van der Waals surface area contributed by atoms with Crippen molar-refractivity contribution in [1.82, 2.24) is 10.1 Å². The lowest BCUT2D eigenvalue weighted by molar-refractivity contribution is -0.286. The molecule has 0 bridgehead atoms. The van der Waals surface area contributed by atoms with Crippen LogP contribution in [0.5, 0.6) is 11.5 Å². The molecule has 1 aliphatic rings. The lowest BCUT2D eigenvalue weighted by Crippen LogP contribution is -2.25. The average Bonchev–Trinajstić information content (AvgIpc) is 3.18. The monoisotopic (exact) mass is 435 g/mol. The molecule has 2 aromatic heterocycles. The Bertz CT molecular complexity index is 1160. The minimum atomic E-state index is -3.74. The molecule has 0 aliphatic carbocycles. The topological polar surface area (TPSA) is 86.5 Å². The van der Waals surface area contributed by atoms with Gasteiger partial charge in [-0.3, -0.25) is 9.78 Å². The molecular formula is C20H16ClF2N3O4. The van der Waals surface area contributed by atoms with E-state index in [1.54, 1.807) is 19.9 Å². The number of alkyl halides is 2. The Morgan fingerprint density at radius 2 is 1.90 bits per heavy atom. The van der Waals surface area contributed by atoms with Gasteiger partial charge in [-0.2, -0.15) is 0 Å². The summed E-state index contributed by atoms with van der Waals surface area (Å²) in [5, 5.41) is 6.73. The van der Waals surface area contributed by atoms with Crippen molar-refractivity contribution < 1.29 is 27.6 Å². The normalized spacial score (nSPS) is 14.1. The Balaban J connectivity index is 1.65. The predicted molar refractivity (Wildman–Crippen MR) is 104 cm³/mol. The van der Waals surface area contributed by atoms with E-state index in [1.165, 1.54) is 18.3 Å². The predicted octanol–water partition coefficient (Wildman–Crippen LogP) is 5.14. The lowest BCUT2D eigenvalue weighted by atomic mass is 10.1. The van der Waals surface area contributed by atoms with Crippen LogP contribution in [-0.4, -0.2) is 22.3 Å². The summed E-state index contributed by atoms with van der Waals surface area (Å²) < 4.78 is 40.6. The number of nitrogens with zero attached hydrogens (tertiary/aromatic N) is 2. The number of hydrogen-bond donors (Lipinski definition) is 1. The number of ether oxygens (including phenoxy) is 2. The number of halogens is 3. The maximum atomic E-state index is 13.3. The molecule has 1 N–H and O–H groups in total. The van der Waals surface area contributed by atoms with Gasteiger partial charge in [-0.25, -0.2) is 0 Å². The number of pyridine rings is 1. The Kier molecular flexibility index (Phi) is 4.85. The molecule has 0 saturated carbocycles. The van der Waals surface area contributed by atoms with Gasteiger partial charge >= 0.3 is 6.29 Å². The third kappa shape index (κ3) is 3.56. The highest BCUT2D eigenvalue weighted by atomic mass is 35.5. The van der Waals surface area contributed by atoms with Gasteiger partial charge in [0.1, 0.15) is 5.76 Å². The third-order valence-electron chi connectivity index (χ3n) is 4.76. The molecule has 0 fully saturated rings. The minimum absolute atomic E-state index is 0.131. The molecule has 0 atom stereocenters. The van der Waals surface area contributed by atoms with E-state index in [0.29, 0.717) is 34.7 Å². The van der Waals surface area contributed by atoms with E-state index < -0.39 is 12.2 Å². The molecule has 1 aromatic carbocycles. The SMILES string of the molecule is CCc1cc(-c2cc3c(cc2Cl)OC(F)(F)O3)ncc1NC(=O)c1noc(C)c1C. The van der Waals surface area contributed by atoms with E-state index in [0.717, 1.165) is 5.56 Å². The molecule has 7 nitrogen and oxygen atoms in total. The molecule has 3 aromatic rings. The lowest BCUT2D eigenvalue weighted by Gasteiger charge is -2.12. The quantitative estimate of drug-likeness (QED) is 0.610. The standard InChI is InChI=1S/C20H16ClF2N3O4/c1-4-11-5-14(12-6-16-17(7-13(12)21)29-20(22,23)28-16)24-8-15(11)25-19(27)18-9(2)10(3)30-26-18/h5-8H,4H2,1-3H3,(H,25,27). The summed E-state index contributed by atoms with van der Waals surface area (Å²) in [6.07, 6.45) is -1.69. The highest BCUT2D eigenvalue weighted by Gasteiger charge is 2.44. The fraction of sp³-hybridized carbons (Fsp3) is 0.250. The molecule has 1 amide bonds. The summed E-state index contributed by atoms with van der Waals surface area (Å²) >= 11 is 6.25. The van der Waals surface area contributed by atoms with E-state index in [2.05, 4.69) is 24.9 Å². The molecule has 0 saturated heterocycles. The molecule has 4 rings (SSSR count). The number of anilines is 1. The first-order chi connectivity index (χ1) is 14.2. The molecule has 1 aliphatic heterocycles. The number of hydrogen-bond acceptors (Lipinski definition) is 6. The van der Waals surface area contributed by atoms with Gasteiger partial charge in [0.15, 0.2) is 17.2 Å². The molecule has 10 heteroatoms. The van der Waals surface area contributed by atoms with Gasteiger partial charge in [0, 0.05) is 17.2 Å². The van der Waals surface area contributed by atoms with E-state index in [4.69, 9.17) is 16.1 Å². The number of fused-ring (bicyclic) bond motifs is 1. The van der Waals surface area contributed by atoms with Crippen LogP contribution in [0, 0.1) is 13.8 Å². The van der Waals surface area contributed by atoms with Crippen LogP contribution < -0.4 is 14.8 Å². The largest absolute Gasteiger partial charge is 0.586 e. The molecule has 0 radical (unpaired) electrons. The van der Waals surface area contributed by atoms with Crippen LogP contribution in [0.4, 0.5) is 14.5 Å². The van der Waals surface area contributed by atoms with E-state index in [-0.39, 0.29) is 22.2 Å². The fourth-order valence-corrected chi connectivity index (χ4v) is 3.28. The van der Waals surface area contributed by atoms with Gasteiger partial charge in [-0.15, -0.1) is 8.78 Å². The number of nitrogens with one attached hydrogen (secondary N) is 1. The van der Waals surface area contributed by atoms with Crippen molar-refractivity contribution in [2.75, 3.05) is 5.32 Å². The van der Waals surface area contributed by atoms with Gasteiger partial charge in [0.05, 0.1) is 22.6 Å². The maximum Gasteiger partial charge on any atom is 0.586 e. The van der Waals surface area contributed by atoms with Gasteiger partial charge in [-0.05, 0) is 38.0 Å².